The Labute approximate surface area is 107 Å². The normalized spacial score (nSPS) is 12.4. The van der Waals surface area contributed by atoms with E-state index in [4.69, 9.17) is 0 Å². The summed E-state index contributed by atoms with van der Waals surface area (Å²) in [6.45, 7) is 5.16. The molecule has 1 aromatic carbocycles. The third kappa shape index (κ3) is 3.34. The Balaban J connectivity index is 1.87. The van der Waals surface area contributed by atoms with Crippen LogP contribution in [-0.2, 0) is 6.54 Å². The third-order valence-electron chi connectivity index (χ3n) is 2.87. The number of nitrogens with one attached hydrogen (secondary N) is 1. The number of benzene rings is 1. The van der Waals surface area contributed by atoms with Crippen molar-refractivity contribution < 1.29 is 5.11 Å². The molecule has 18 heavy (non-hydrogen) atoms. The molecule has 1 aromatic heterocycles. The monoisotopic (exact) mass is 245 g/mol. The summed E-state index contributed by atoms with van der Waals surface area (Å²) in [6, 6.07) is 8.09. The van der Waals surface area contributed by atoms with Crippen LogP contribution in [0.3, 0.4) is 0 Å². The minimum atomic E-state index is -0.453. The Kier molecular flexibility index (Phi) is 3.99. The van der Waals surface area contributed by atoms with Gasteiger partial charge in [-0.05, 0) is 31.5 Å². The van der Waals surface area contributed by atoms with Crippen molar-refractivity contribution in [2.45, 2.75) is 26.5 Å². The maximum atomic E-state index is 9.90. The molecule has 4 heteroatoms. The lowest BCUT2D eigenvalue weighted by molar-refractivity contribution is 0.161. The first kappa shape index (κ1) is 12.6. The molecule has 2 aromatic rings. The number of aromatic nitrogens is 2. The predicted octanol–water partition coefficient (Wildman–Crippen LogP) is 1.97. The van der Waals surface area contributed by atoms with E-state index in [-0.39, 0.29) is 0 Å². The Morgan fingerprint density at radius 3 is 2.89 bits per heavy atom. The summed E-state index contributed by atoms with van der Waals surface area (Å²) in [6.07, 6.45) is 3.11. The maximum Gasteiger partial charge on any atom is 0.0907 e. The lowest BCUT2D eigenvalue weighted by Crippen LogP contribution is -2.25. The second-order valence-corrected chi connectivity index (χ2v) is 4.58. The molecule has 0 aliphatic rings. The van der Waals surface area contributed by atoms with Gasteiger partial charge >= 0.3 is 0 Å². The lowest BCUT2D eigenvalue weighted by Gasteiger charge is -2.14. The van der Waals surface area contributed by atoms with Gasteiger partial charge in [-0.2, -0.15) is 5.10 Å². The van der Waals surface area contributed by atoms with E-state index >= 15 is 0 Å². The highest BCUT2D eigenvalue weighted by atomic mass is 16.3. The molecule has 0 aliphatic heterocycles. The van der Waals surface area contributed by atoms with Crippen LogP contribution in [0.2, 0.25) is 0 Å². The average molecular weight is 245 g/mol. The zero-order valence-electron chi connectivity index (χ0n) is 10.8. The van der Waals surface area contributed by atoms with Gasteiger partial charge in [-0.25, -0.2) is 0 Å². The topological polar surface area (TPSA) is 50.1 Å². The molecule has 1 unspecified atom stereocenters. The van der Waals surface area contributed by atoms with Crippen molar-refractivity contribution in [3.8, 4) is 0 Å². The highest BCUT2D eigenvalue weighted by Crippen LogP contribution is 2.15. The summed E-state index contributed by atoms with van der Waals surface area (Å²) >= 11 is 0. The highest BCUT2D eigenvalue weighted by Gasteiger charge is 2.06. The van der Waals surface area contributed by atoms with Crippen molar-refractivity contribution in [3.05, 3.63) is 47.8 Å². The number of nitrogens with zero attached hydrogens (tertiary/aromatic N) is 2. The van der Waals surface area contributed by atoms with E-state index in [1.54, 1.807) is 10.9 Å². The van der Waals surface area contributed by atoms with Gasteiger partial charge in [0.2, 0.25) is 0 Å². The van der Waals surface area contributed by atoms with Gasteiger partial charge in [-0.1, -0.05) is 17.7 Å². The molecule has 0 spiro atoms. The Hall–Kier alpha value is -1.81. The van der Waals surface area contributed by atoms with Gasteiger partial charge in [0.05, 0.1) is 12.6 Å². The zero-order valence-corrected chi connectivity index (χ0v) is 10.8. The number of anilines is 1. The molecule has 2 rings (SSSR count). The third-order valence-corrected chi connectivity index (χ3v) is 2.87. The van der Waals surface area contributed by atoms with Gasteiger partial charge in [0.25, 0.3) is 0 Å². The SMILES string of the molecule is Cc1ccc(NCC(O)Cn2cccn2)c(C)c1. The smallest absolute Gasteiger partial charge is 0.0907 e. The summed E-state index contributed by atoms with van der Waals surface area (Å²) in [4.78, 5) is 0. The summed E-state index contributed by atoms with van der Waals surface area (Å²) < 4.78 is 1.73. The largest absolute Gasteiger partial charge is 0.389 e. The van der Waals surface area contributed by atoms with Crippen LogP contribution in [0.5, 0.6) is 0 Å². The molecule has 0 saturated carbocycles. The van der Waals surface area contributed by atoms with E-state index in [1.807, 2.05) is 18.3 Å². The average Bonchev–Trinajstić information content (AvgIpc) is 2.80. The number of hydrogen-bond acceptors (Lipinski definition) is 3. The van der Waals surface area contributed by atoms with Crippen LogP contribution in [0.1, 0.15) is 11.1 Å². The van der Waals surface area contributed by atoms with Crippen LogP contribution in [-0.4, -0.2) is 27.5 Å². The summed E-state index contributed by atoms with van der Waals surface area (Å²) in [5.74, 6) is 0. The molecular formula is C14H19N3O. The number of aryl methyl sites for hydroxylation is 2. The molecule has 0 bridgehead atoms. The highest BCUT2D eigenvalue weighted by molar-refractivity contribution is 5.51. The fraction of sp³-hybridized carbons (Fsp3) is 0.357. The summed E-state index contributed by atoms with van der Waals surface area (Å²) in [7, 11) is 0. The van der Waals surface area contributed by atoms with Gasteiger partial charge in [-0.15, -0.1) is 0 Å². The molecule has 0 amide bonds. The van der Waals surface area contributed by atoms with Crippen molar-refractivity contribution in [2.24, 2.45) is 0 Å². The first-order valence-corrected chi connectivity index (χ1v) is 6.12. The van der Waals surface area contributed by atoms with Crippen LogP contribution < -0.4 is 5.32 Å². The van der Waals surface area contributed by atoms with E-state index in [9.17, 15) is 5.11 Å². The van der Waals surface area contributed by atoms with Crippen molar-refractivity contribution in [3.63, 3.8) is 0 Å². The van der Waals surface area contributed by atoms with Crippen molar-refractivity contribution in [1.29, 1.82) is 0 Å². The second-order valence-electron chi connectivity index (χ2n) is 4.58. The van der Waals surface area contributed by atoms with E-state index in [0.29, 0.717) is 13.1 Å². The number of hydrogen-bond donors (Lipinski definition) is 2. The molecular weight excluding hydrogens is 226 g/mol. The first-order chi connectivity index (χ1) is 8.65. The van der Waals surface area contributed by atoms with Crippen molar-refractivity contribution in [2.75, 3.05) is 11.9 Å². The summed E-state index contributed by atoms with van der Waals surface area (Å²) in [5, 5.41) is 17.2. The molecule has 0 fully saturated rings. The van der Waals surface area contributed by atoms with Crippen LogP contribution in [0.15, 0.2) is 36.7 Å². The Morgan fingerprint density at radius 2 is 2.22 bits per heavy atom. The Morgan fingerprint density at radius 1 is 1.39 bits per heavy atom. The standard InChI is InChI=1S/C14H19N3O/c1-11-4-5-14(12(2)8-11)15-9-13(18)10-17-7-3-6-16-17/h3-8,13,15,18H,9-10H2,1-2H3. The van der Waals surface area contributed by atoms with Crippen LogP contribution in [0, 0.1) is 13.8 Å². The first-order valence-electron chi connectivity index (χ1n) is 6.12. The van der Waals surface area contributed by atoms with E-state index in [2.05, 4.69) is 36.4 Å². The quantitative estimate of drug-likeness (QED) is 0.846. The molecule has 0 aliphatic carbocycles. The lowest BCUT2D eigenvalue weighted by atomic mass is 10.1. The molecule has 1 atom stereocenters. The van der Waals surface area contributed by atoms with Gasteiger partial charge in [-0.3, -0.25) is 4.68 Å². The van der Waals surface area contributed by atoms with E-state index < -0.39 is 6.10 Å². The van der Waals surface area contributed by atoms with Gasteiger partial charge in [0, 0.05) is 24.6 Å². The molecule has 4 nitrogen and oxygen atoms in total. The predicted molar refractivity (Wildman–Crippen MR) is 72.6 cm³/mol. The minimum Gasteiger partial charge on any atom is -0.389 e. The van der Waals surface area contributed by atoms with Gasteiger partial charge < -0.3 is 10.4 Å². The van der Waals surface area contributed by atoms with Gasteiger partial charge in [0.1, 0.15) is 0 Å². The molecule has 96 valence electrons. The van der Waals surface area contributed by atoms with E-state index in [0.717, 1.165) is 5.69 Å². The van der Waals surface area contributed by atoms with Crippen molar-refractivity contribution in [1.82, 2.24) is 9.78 Å². The fourth-order valence-electron chi connectivity index (χ4n) is 1.93. The van der Waals surface area contributed by atoms with Crippen LogP contribution in [0.4, 0.5) is 5.69 Å². The number of aliphatic hydroxyl groups excluding tert-OH is 1. The zero-order chi connectivity index (χ0) is 13.0. The molecule has 0 radical (unpaired) electrons. The number of rotatable bonds is 5. The maximum absolute atomic E-state index is 9.90. The van der Waals surface area contributed by atoms with Gasteiger partial charge in [0.15, 0.2) is 0 Å². The summed E-state index contributed by atoms with van der Waals surface area (Å²) in [5.41, 5.74) is 3.51. The van der Waals surface area contributed by atoms with E-state index in [1.165, 1.54) is 11.1 Å². The minimum absolute atomic E-state index is 0.453. The molecule has 2 N–H and O–H groups in total. The number of aliphatic hydroxyl groups is 1. The second kappa shape index (κ2) is 5.69. The Bertz CT molecular complexity index is 494. The van der Waals surface area contributed by atoms with Crippen LogP contribution in [0.25, 0.3) is 0 Å². The van der Waals surface area contributed by atoms with Crippen LogP contribution >= 0.6 is 0 Å². The fourth-order valence-corrected chi connectivity index (χ4v) is 1.93. The van der Waals surface area contributed by atoms with Crippen molar-refractivity contribution >= 4 is 5.69 Å². The molecule has 1 heterocycles. The molecule has 0 saturated heterocycles.